The average molecular weight is 258 g/mol. The molecule has 2 amide bonds. The van der Waals surface area contributed by atoms with E-state index in [9.17, 15) is 9.59 Å². The number of amides is 2. The molecule has 2 aliphatic rings. The molecule has 1 atom stereocenters. The molecule has 1 aromatic carbocycles. The maximum Gasteiger partial charge on any atom is 0.230 e. The molecule has 1 aliphatic heterocycles. The van der Waals surface area contributed by atoms with Gasteiger partial charge in [-0.05, 0) is 18.4 Å². The summed E-state index contributed by atoms with van der Waals surface area (Å²) in [6.07, 6.45) is 2.23. The SMILES string of the molecule is CN1CC(NC(=O)C2(c3ccccc3)CC2)CC1=O. The van der Waals surface area contributed by atoms with Gasteiger partial charge in [-0.3, -0.25) is 9.59 Å². The Bertz CT molecular complexity index is 508. The molecule has 3 rings (SSSR count). The van der Waals surface area contributed by atoms with E-state index in [2.05, 4.69) is 5.32 Å². The first-order chi connectivity index (χ1) is 9.12. The van der Waals surface area contributed by atoms with Gasteiger partial charge in [0.1, 0.15) is 0 Å². The molecule has 0 aromatic heterocycles. The highest BCUT2D eigenvalue weighted by Crippen LogP contribution is 2.48. The Morgan fingerprint density at radius 3 is 2.53 bits per heavy atom. The molecule has 1 N–H and O–H groups in total. The van der Waals surface area contributed by atoms with Crippen LogP contribution in [0.5, 0.6) is 0 Å². The van der Waals surface area contributed by atoms with E-state index in [1.165, 1.54) is 0 Å². The van der Waals surface area contributed by atoms with Gasteiger partial charge >= 0.3 is 0 Å². The van der Waals surface area contributed by atoms with Crippen LogP contribution in [0.25, 0.3) is 0 Å². The minimum atomic E-state index is -0.342. The minimum absolute atomic E-state index is 0.0359. The molecule has 0 radical (unpaired) electrons. The number of hydrogen-bond donors (Lipinski definition) is 1. The Morgan fingerprint density at radius 2 is 2.00 bits per heavy atom. The van der Waals surface area contributed by atoms with Crippen LogP contribution >= 0.6 is 0 Å². The predicted molar refractivity (Wildman–Crippen MR) is 71.5 cm³/mol. The molecule has 1 aliphatic carbocycles. The zero-order valence-corrected chi connectivity index (χ0v) is 11.1. The summed E-state index contributed by atoms with van der Waals surface area (Å²) in [7, 11) is 1.78. The Hall–Kier alpha value is -1.84. The number of carbonyl (C=O) groups is 2. The van der Waals surface area contributed by atoms with E-state index >= 15 is 0 Å². The zero-order valence-electron chi connectivity index (χ0n) is 11.1. The van der Waals surface area contributed by atoms with Gasteiger partial charge in [0.05, 0.1) is 11.5 Å². The molecule has 1 heterocycles. The smallest absolute Gasteiger partial charge is 0.230 e. The summed E-state index contributed by atoms with van der Waals surface area (Å²) in [5, 5.41) is 3.04. The summed E-state index contributed by atoms with van der Waals surface area (Å²) in [5.41, 5.74) is 0.746. The summed E-state index contributed by atoms with van der Waals surface area (Å²) >= 11 is 0. The van der Waals surface area contributed by atoms with E-state index in [0.29, 0.717) is 13.0 Å². The quantitative estimate of drug-likeness (QED) is 0.881. The van der Waals surface area contributed by atoms with Gasteiger partial charge in [-0.1, -0.05) is 30.3 Å². The lowest BCUT2D eigenvalue weighted by Gasteiger charge is -2.19. The molecule has 4 nitrogen and oxygen atoms in total. The molecular formula is C15H18N2O2. The van der Waals surface area contributed by atoms with Crippen molar-refractivity contribution in [1.29, 1.82) is 0 Å². The summed E-state index contributed by atoms with van der Waals surface area (Å²) in [4.78, 5) is 25.6. The number of nitrogens with one attached hydrogen (secondary N) is 1. The molecule has 1 unspecified atom stereocenters. The van der Waals surface area contributed by atoms with Crippen molar-refractivity contribution in [2.45, 2.75) is 30.7 Å². The molecule has 100 valence electrons. The normalized spacial score (nSPS) is 24.4. The fourth-order valence-electron chi connectivity index (χ4n) is 2.81. The number of rotatable bonds is 3. The van der Waals surface area contributed by atoms with Gasteiger partial charge in [0.25, 0.3) is 0 Å². The van der Waals surface area contributed by atoms with Crippen LogP contribution in [0.15, 0.2) is 30.3 Å². The van der Waals surface area contributed by atoms with E-state index in [4.69, 9.17) is 0 Å². The maximum atomic E-state index is 12.5. The maximum absolute atomic E-state index is 12.5. The summed E-state index contributed by atoms with van der Waals surface area (Å²) in [5.74, 6) is 0.182. The topological polar surface area (TPSA) is 49.4 Å². The van der Waals surface area contributed by atoms with Gasteiger partial charge in [0.2, 0.25) is 11.8 Å². The van der Waals surface area contributed by atoms with Gasteiger partial charge in [-0.25, -0.2) is 0 Å². The van der Waals surface area contributed by atoms with Crippen LogP contribution in [0.3, 0.4) is 0 Å². The van der Waals surface area contributed by atoms with Crippen molar-refractivity contribution in [3.8, 4) is 0 Å². The Balaban J connectivity index is 1.70. The monoisotopic (exact) mass is 258 g/mol. The largest absolute Gasteiger partial charge is 0.350 e. The van der Waals surface area contributed by atoms with Crippen LogP contribution < -0.4 is 5.32 Å². The number of likely N-dealkylation sites (tertiary alicyclic amines) is 1. The second kappa shape index (κ2) is 4.37. The predicted octanol–water partition coefficient (Wildman–Crippen LogP) is 1.07. The van der Waals surface area contributed by atoms with Crippen LogP contribution in [0.1, 0.15) is 24.8 Å². The van der Waals surface area contributed by atoms with Crippen LogP contribution in [0.4, 0.5) is 0 Å². The molecule has 19 heavy (non-hydrogen) atoms. The van der Waals surface area contributed by atoms with Gasteiger partial charge in [-0.2, -0.15) is 0 Å². The van der Waals surface area contributed by atoms with Gasteiger partial charge < -0.3 is 10.2 Å². The van der Waals surface area contributed by atoms with E-state index in [1.54, 1.807) is 11.9 Å². The lowest BCUT2D eigenvalue weighted by molar-refractivity contribution is -0.126. The third-order valence-electron chi connectivity index (χ3n) is 4.19. The third kappa shape index (κ3) is 2.11. The summed E-state index contributed by atoms with van der Waals surface area (Å²) in [6.45, 7) is 0.620. The van der Waals surface area contributed by atoms with Crippen molar-refractivity contribution in [3.63, 3.8) is 0 Å². The lowest BCUT2D eigenvalue weighted by atomic mass is 9.94. The fourth-order valence-corrected chi connectivity index (χ4v) is 2.81. The number of carbonyl (C=O) groups excluding carboxylic acids is 2. The molecule has 1 saturated heterocycles. The van der Waals surface area contributed by atoms with Crippen molar-refractivity contribution in [2.24, 2.45) is 0 Å². The number of likely N-dealkylation sites (N-methyl/N-ethyl adjacent to an activating group) is 1. The van der Waals surface area contributed by atoms with E-state index in [0.717, 1.165) is 18.4 Å². The van der Waals surface area contributed by atoms with Crippen LogP contribution in [0.2, 0.25) is 0 Å². The first-order valence-corrected chi connectivity index (χ1v) is 6.72. The van der Waals surface area contributed by atoms with E-state index < -0.39 is 0 Å². The highest BCUT2D eigenvalue weighted by atomic mass is 16.2. The van der Waals surface area contributed by atoms with Crippen LogP contribution in [-0.4, -0.2) is 36.3 Å². The Labute approximate surface area is 112 Å². The highest BCUT2D eigenvalue weighted by Gasteiger charge is 2.51. The first-order valence-electron chi connectivity index (χ1n) is 6.72. The fraction of sp³-hybridized carbons (Fsp3) is 0.467. The van der Waals surface area contributed by atoms with E-state index in [1.807, 2.05) is 30.3 Å². The molecule has 1 aromatic rings. The second-order valence-electron chi connectivity index (χ2n) is 5.60. The number of benzene rings is 1. The van der Waals surface area contributed by atoms with E-state index in [-0.39, 0.29) is 23.3 Å². The van der Waals surface area contributed by atoms with Crippen molar-refractivity contribution < 1.29 is 9.59 Å². The van der Waals surface area contributed by atoms with Gasteiger partial charge in [0, 0.05) is 20.0 Å². The molecule has 4 heteroatoms. The van der Waals surface area contributed by atoms with Crippen molar-refractivity contribution in [3.05, 3.63) is 35.9 Å². The third-order valence-corrected chi connectivity index (χ3v) is 4.19. The Kier molecular flexibility index (Phi) is 2.81. The molecule has 2 fully saturated rings. The van der Waals surface area contributed by atoms with Crippen molar-refractivity contribution >= 4 is 11.8 Å². The average Bonchev–Trinajstić information content (AvgIpc) is 3.15. The number of nitrogens with zero attached hydrogens (tertiary/aromatic N) is 1. The summed E-state index contributed by atoms with van der Waals surface area (Å²) in [6, 6.07) is 9.88. The first kappa shape index (κ1) is 12.2. The zero-order chi connectivity index (χ0) is 13.5. The van der Waals surface area contributed by atoms with Crippen molar-refractivity contribution in [1.82, 2.24) is 10.2 Å². The highest BCUT2D eigenvalue weighted by molar-refractivity contribution is 5.92. The lowest BCUT2D eigenvalue weighted by Crippen LogP contribution is -2.42. The van der Waals surface area contributed by atoms with Gasteiger partial charge in [-0.15, -0.1) is 0 Å². The summed E-state index contributed by atoms with van der Waals surface area (Å²) < 4.78 is 0. The van der Waals surface area contributed by atoms with Crippen molar-refractivity contribution in [2.75, 3.05) is 13.6 Å². The minimum Gasteiger partial charge on any atom is -0.350 e. The molecular weight excluding hydrogens is 240 g/mol. The standard InChI is InChI=1S/C15H18N2O2/c1-17-10-12(9-13(17)18)16-14(19)15(7-8-15)11-5-3-2-4-6-11/h2-6,12H,7-10H2,1H3,(H,16,19). The second-order valence-corrected chi connectivity index (χ2v) is 5.60. The molecule has 0 spiro atoms. The van der Waals surface area contributed by atoms with Crippen LogP contribution in [0, 0.1) is 0 Å². The van der Waals surface area contributed by atoms with Crippen LogP contribution in [-0.2, 0) is 15.0 Å². The Morgan fingerprint density at radius 1 is 1.32 bits per heavy atom. The number of hydrogen-bond acceptors (Lipinski definition) is 2. The molecule has 1 saturated carbocycles. The molecule has 0 bridgehead atoms. The van der Waals surface area contributed by atoms with Gasteiger partial charge in [0.15, 0.2) is 0 Å².